The summed E-state index contributed by atoms with van der Waals surface area (Å²) < 4.78 is 0. The van der Waals surface area contributed by atoms with Gasteiger partial charge in [0.15, 0.2) is 0 Å². The average molecular weight is 244 g/mol. The fourth-order valence-corrected chi connectivity index (χ4v) is 2.07. The van der Waals surface area contributed by atoms with Crippen LogP contribution in [0.1, 0.15) is 11.1 Å². The van der Waals surface area contributed by atoms with Gasteiger partial charge in [-0.15, -0.1) is 0 Å². The summed E-state index contributed by atoms with van der Waals surface area (Å²) in [5, 5.41) is 19.8. The van der Waals surface area contributed by atoms with Gasteiger partial charge in [-0.2, -0.15) is 0 Å². The number of nitrogens with two attached hydrogens (primary N) is 2. The summed E-state index contributed by atoms with van der Waals surface area (Å²) in [7, 11) is 0. The largest absolute Gasteiger partial charge is 0.508 e. The van der Waals surface area contributed by atoms with Gasteiger partial charge in [-0.25, -0.2) is 0 Å². The van der Waals surface area contributed by atoms with Crippen molar-refractivity contribution in [2.24, 2.45) is 11.5 Å². The molecular weight excluding hydrogens is 228 g/mol. The van der Waals surface area contributed by atoms with Crippen molar-refractivity contribution in [3.05, 3.63) is 59.7 Å². The van der Waals surface area contributed by atoms with E-state index in [4.69, 9.17) is 11.5 Å². The van der Waals surface area contributed by atoms with Gasteiger partial charge in [0.25, 0.3) is 0 Å². The van der Waals surface area contributed by atoms with Crippen LogP contribution >= 0.6 is 0 Å². The van der Waals surface area contributed by atoms with Crippen LogP contribution < -0.4 is 11.5 Å². The van der Waals surface area contributed by atoms with Gasteiger partial charge in [-0.3, -0.25) is 0 Å². The Balaban J connectivity index is 2.63. The van der Waals surface area contributed by atoms with Crippen LogP contribution in [0.3, 0.4) is 0 Å². The predicted octanol–water partition coefficient (Wildman–Crippen LogP) is 1.26. The second kappa shape index (κ2) is 4.68. The highest BCUT2D eigenvalue weighted by atomic mass is 16.3. The zero-order valence-corrected chi connectivity index (χ0v) is 9.88. The van der Waals surface area contributed by atoms with E-state index in [0.717, 1.165) is 0 Å². The topological polar surface area (TPSA) is 92.5 Å². The highest BCUT2D eigenvalue weighted by molar-refractivity contribution is 5.50. The van der Waals surface area contributed by atoms with Crippen molar-refractivity contribution < 1.29 is 10.2 Å². The van der Waals surface area contributed by atoms with Crippen molar-refractivity contribution in [3.63, 3.8) is 0 Å². The number of rotatable bonds is 3. The van der Waals surface area contributed by atoms with Crippen molar-refractivity contribution in [1.82, 2.24) is 0 Å². The third-order valence-electron chi connectivity index (χ3n) is 3.09. The van der Waals surface area contributed by atoms with Gasteiger partial charge in [0, 0.05) is 17.7 Å². The summed E-state index contributed by atoms with van der Waals surface area (Å²) in [6, 6.07) is 13.5. The standard InChI is InChI=1S/C14H16N2O2/c15-9-14(16,10-5-1-3-7-12(10)17)11-6-2-4-8-13(11)18/h1-8,17-18H,9,15-16H2. The lowest BCUT2D eigenvalue weighted by Crippen LogP contribution is -2.45. The minimum Gasteiger partial charge on any atom is -0.508 e. The first-order valence-electron chi connectivity index (χ1n) is 5.65. The molecule has 0 aliphatic carbocycles. The van der Waals surface area contributed by atoms with Gasteiger partial charge in [0.1, 0.15) is 11.5 Å². The second-order valence-electron chi connectivity index (χ2n) is 4.21. The van der Waals surface area contributed by atoms with Crippen LogP contribution in [0.15, 0.2) is 48.5 Å². The summed E-state index contributed by atoms with van der Waals surface area (Å²) in [5.74, 6) is 0.127. The lowest BCUT2D eigenvalue weighted by atomic mass is 9.83. The van der Waals surface area contributed by atoms with E-state index in [2.05, 4.69) is 0 Å². The van der Waals surface area contributed by atoms with Gasteiger partial charge >= 0.3 is 0 Å². The van der Waals surface area contributed by atoms with Crippen molar-refractivity contribution in [2.45, 2.75) is 5.54 Å². The first-order chi connectivity index (χ1) is 8.59. The minimum absolute atomic E-state index is 0.0636. The molecule has 0 fully saturated rings. The Bertz CT molecular complexity index is 509. The van der Waals surface area contributed by atoms with Gasteiger partial charge in [0.2, 0.25) is 0 Å². The van der Waals surface area contributed by atoms with E-state index in [9.17, 15) is 10.2 Å². The molecule has 0 atom stereocenters. The van der Waals surface area contributed by atoms with Gasteiger partial charge in [0.05, 0.1) is 5.54 Å². The molecule has 0 aliphatic rings. The number of hydrogen-bond donors (Lipinski definition) is 4. The van der Waals surface area contributed by atoms with Gasteiger partial charge in [-0.1, -0.05) is 36.4 Å². The summed E-state index contributed by atoms with van der Waals surface area (Å²) >= 11 is 0. The molecule has 2 aromatic carbocycles. The van der Waals surface area contributed by atoms with E-state index in [1.165, 1.54) is 0 Å². The smallest absolute Gasteiger partial charge is 0.121 e. The Kier molecular flexibility index (Phi) is 3.23. The molecule has 4 nitrogen and oxygen atoms in total. The molecule has 0 unspecified atom stereocenters. The second-order valence-corrected chi connectivity index (χ2v) is 4.21. The Hall–Kier alpha value is -2.04. The Morgan fingerprint density at radius 3 is 1.56 bits per heavy atom. The summed E-state index contributed by atoms with van der Waals surface area (Å²) in [4.78, 5) is 0. The molecule has 0 heterocycles. The highest BCUT2D eigenvalue weighted by Gasteiger charge is 2.32. The van der Waals surface area contributed by atoms with E-state index in [1.807, 2.05) is 0 Å². The van der Waals surface area contributed by atoms with Crippen molar-refractivity contribution >= 4 is 0 Å². The number of para-hydroxylation sites is 2. The Morgan fingerprint density at radius 2 is 1.22 bits per heavy atom. The fraction of sp³-hybridized carbons (Fsp3) is 0.143. The van der Waals surface area contributed by atoms with Crippen LogP contribution in [0.2, 0.25) is 0 Å². The summed E-state index contributed by atoms with van der Waals surface area (Å²) in [6.45, 7) is 0.0716. The molecule has 0 amide bonds. The number of benzene rings is 2. The maximum absolute atomic E-state index is 9.91. The van der Waals surface area contributed by atoms with Crippen LogP contribution in [-0.2, 0) is 5.54 Å². The molecule has 0 aromatic heterocycles. The quantitative estimate of drug-likeness (QED) is 0.654. The molecule has 0 radical (unpaired) electrons. The molecule has 0 aliphatic heterocycles. The van der Waals surface area contributed by atoms with Crippen LogP contribution in [-0.4, -0.2) is 16.8 Å². The number of aromatic hydroxyl groups is 2. The van der Waals surface area contributed by atoms with Crippen LogP contribution in [0.5, 0.6) is 11.5 Å². The number of phenolic OH excluding ortho intramolecular Hbond substituents is 2. The monoisotopic (exact) mass is 244 g/mol. The van der Waals surface area contributed by atoms with Crippen LogP contribution in [0.25, 0.3) is 0 Å². The minimum atomic E-state index is -1.11. The zero-order valence-electron chi connectivity index (χ0n) is 9.88. The van der Waals surface area contributed by atoms with Crippen molar-refractivity contribution in [1.29, 1.82) is 0 Å². The molecule has 0 bridgehead atoms. The highest BCUT2D eigenvalue weighted by Crippen LogP contribution is 2.36. The Morgan fingerprint density at radius 1 is 0.833 bits per heavy atom. The normalized spacial score (nSPS) is 11.4. The van der Waals surface area contributed by atoms with Crippen LogP contribution in [0, 0.1) is 0 Å². The zero-order chi connectivity index (χ0) is 13.2. The predicted molar refractivity (Wildman–Crippen MR) is 70.2 cm³/mol. The average Bonchev–Trinajstić information content (AvgIpc) is 2.39. The lowest BCUT2D eigenvalue weighted by molar-refractivity contribution is 0.420. The lowest BCUT2D eigenvalue weighted by Gasteiger charge is -2.30. The first kappa shape index (κ1) is 12.4. The number of hydrogen-bond acceptors (Lipinski definition) is 4. The van der Waals surface area contributed by atoms with Gasteiger partial charge in [-0.05, 0) is 12.1 Å². The molecule has 2 aromatic rings. The van der Waals surface area contributed by atoms with E-state index in [1.54, 1.807) is 48.5 Å². The maximum Gasteiger partial charge on any atom is 0.121 e. The summed E-state index contributed by atoms with van der Waals surface area (Å²) in [5.41, 5.74) is 11.9. The summed E-state index contributed by atoms with van der Waals surface area (Å²) in [6.07, 6.45) is 0. The molecular formula is C14H16N2O2. The molecule has 94 valence electrons. The number of phenols is 2. The third kappa shape index (κ3) is 1.92. The van der Waals surface area contributed by atoms with E-state index in [-0.39, 0.29) is 18.0 Å². The van der Waals surface area contributed by atoms with E-state index in [0.29, 0.717) is 11.1 Å². The SMILES string of the molecule is NCC(N)(c1ccccc1O)c1ccccc1O. The fourth-order valence-electron chi connectivity index (χ4n) is 2.07. The molecule has 2 rings (SSSR count). The van der Waals surface area contributed by atoms with E-state index < -0.39 is 5.54 Å². The van der Waals surface area contributed by atoms with Crippen molar-refractivity contribution in [3.8, 4) is 11.5 Å². The van der Waals surface area contributed by atoms with Crippen LogP contribution in [0.4, 0.5) is 0 Å². The van der Waals surface area contributed by atoms with Crippen molar-refractivity contribution in [2.75, 3.05) is 6.54 Å². The molecule has 4 heteroatoms. The first-order valence-corrected chi connectivity index (χ1v) is 5.65. The third-order valence-corrected chi connectivity index (χ3v) is 3.09. The van der Waals surface area contributed by atoms with Gasteiger partial charge < -0.3 is 21.7 Å². The molecule has 18 heavy (non-hydrogen) atoms. The molecule has 0 spiro atoms. The van der Waals surface area contributed by atoms with E-state index >= 15 is 0 Å². The Labute approximate surface area is 105 Å². The maximum atomic E-state index is 9.91. The molecule has 0 saturated carbocycles. The molecule has 0 saturated heterocycles. The molecule has 6 N–H and O–H groups in total.